The van der Waals surface area contributed by atoms with Crippen LogP contribution >= 0.6 is 0 Å². The van der Waals surface area contributed by atoms with Crippen LogP contribution in [0.5, 0.6) is 5.75 Å². The van der Waals surface area contributed by atoms with Crippen molar-refractivity contribution in [3.8, 4) is 5.75 Å². The molecule has 3 N–H and O–H groups in total. The molecule has 0 aliphatic rings. The van der Waals surface area contributed by atoms with Crippen LogP contribution in [0.15, 0.2) is 24.3 Å². The molecule has 18 heavy (non-hydrogen) atoms. The van der Waals surface area contributed by atoms with Gasteiger partial charge in [-0.2, -0.15) is 0 Å². The largest absolute Gasteiger partial charge is 0.495 e. The first-order valence-electron chi connectivity index (χ1n) is 5.90. The summed E-state index contributed by atoms with van der Waals surface area (Å²) >= 11 is 0. The number of rotatable bonds is 5. The third kappa shape index (κ3) is 3.92. The average Bonchev–Trinajstić information content (AvgIpc) is 2.38. The Hall–Kier alpha value is -1.75. The Kier molecular flexibility index (Phi) is 5.45. The fourth-order valence-corrected chi connectivity index (χ4v) is 1.41. The molecule has 1 aromatic carbocycles. The molecular weight excluding hydrogens is 232 g/mol. The maximum atomic E-state index is 11.8. The normalized spacial score (nSPS) is 13.6. The number of ether oxygens (including phenoxy) is 1. The molecule has 0 aliphatic carbocycles. The monoisotopic (exact) mass is 252 g/mol. The zero-order valence-electron chi connectivity index (χ0n) is 10.9. The fraction of sp³-hybridized carbons (Fsp3) is 0.462. The van der Waals surface area contributed by atoms with E-state index in [-0.39, 0.29) is 24.6 Å². The number of hydrogen-bond acceptors (Lipinski definition) is 3. The van der Waals surface area contributed by atoms with Crippen LogP contribution in [0.2, 0.25) is 0 Å². The van der Waals surface area contributed by atoms with Gasteiger partial charge in [-0.05, 0) is 25.0 Å². The number of nitrogens with one attached hydrogen (secondary N) is 2. The number of amides is 2. The van der Waals surface area contributed by atoms with Crippen molar-refractivity contribution in [1.29, 1.82) is 0 Å². The van der Waals surface area contributed by atoms with Crippen LogP contribution in [-0.4, -0.2) is 30.9 Å². The molecule has 0 heterocycles. The lowest BCUT2D eigenvalue weighted by molar-refractivity contribution is 0.204. The fourth-order valence-electron chi connectivity index (χ4n) is 1.41. The van der Waals surface area contributed by atoms with Gasteiger partial charge in [-0.15, -0.1) is 0 Å². The van der Waals surface area contributed by atoms with Crippen LogP contribution in [0, 0.1) is 5.92 Å². The minimum absolute atomic E-state index is 0.00780. The molecule has 1 aromatic rings. The molecular formula is C13H20N2O3. The van der Waals surface area contributed by atoms with E-state index in [2.05, 4.69) is 10.6 Å². The van der Waals surface area contributed by atoms with Crippen molar-refractivity contribution >= 4 is 11.7 Å². The highest BCUT2D eigenvalue weighted by Gasteiger charge is 2.14. The van der Waals surface area contributed by atoms with Crippen molar-refractivity contribution in [2.75, 3.05) is 19.0 Å². The van der Waals surface area contributed by atoms with E-state index >= 15 is 0 Å². The van der Waals surface area contributed by atoms with Gasteiger partial charge in [0.15, 0.2) is 0 Å². The SMILES string of the molecule is COc1ccccc1NC(=O)NC(C)C(C)CO. The van der Waals surface area contributed by atoms with Crippen LogP contribution in [-0.2, 0) is 0 Å². The van der Waals surface area contributed by atoms with Gasteiger partial charge >= 0.3 is 6.03 Å². The van der Waals surface area contributed by atoms with Gasteiger partial charge in [0.25, 0.3) is 0 Å². The van der Waals surface area contributed by atoms with Gasteiger partial charge in [-0.25, -0.2) is 4.79 Å². The molecule has 0 spiro atoms. The van der Waals surface area contributed by atoms with Crippen LogP contribution in [0.25, 0.3) is 0 Å². The summed E-state index contributed by atoms with van der Waals surface area (Å²) < 4.78 is 5.14. The maximum Gasteiger partial charge on any atom is 0.319 e. The molecule has 0 saturated carbocycles. The number of benzene rings is 1. The zero-order chi connectivity index (χ0) is 13.5. The molecule has 0 radical (unpaired) electrons. The second-order valence-corrected chi connectivity index (χ2v) is 4.25. The molecule has 0 saturated heterocycles. The number of urea groups is 1. The van der Waals surface area contributed by atoms with Gasteiger partial charge in [0.05, 0.1) is 12.8 Å². The summed E-state index contributed by atoms with van der Waals surface area (Å²) in [5, 5.41) is 14.5. The summed E-state index contributed by atoms with van der Waals surface area (Å²) in [6.45, 7) is 3.76. The maximum absolute atomic E-state index is 11.8. The van der Waals surface area contributed by atoms with E-state index in [9.17, 15) is 4.79 Å². The first kappa shape index (κ1) is 14.3. The van der Waals surface area contributed by atoms with Crippen molar-refractivity contribution in [3.63, 3.8) is 0 Å². The molecule has 0 fully saturated rings. The predicted octanol–water partition coefficient (Wildman–Crippen LogP) is 1.83. The first-order chi connectivity index (χ1) is 8.58. The number of hydrogen-bond donors (Lipinski definition) is 3. The lowest BCUT2D eigenvalue weighted by atomic mass is 10.1. The predicted molar refractivity (Wildman–Crippen MR) is 70.9 cm³/mol. The van der Waals surface area contributed by atoms with Crippen LogP contribution in [0.3, 0.4) is 0 Å². The standard InChI is InChI=1S/C13H20N2O3/c1-9(8-16)10(2)14-13(17)15-11-6-4-5-7-12(11)18-3/h4-7,9-10,16H,8H2,1-3H3,(H2,14,15,17). The summed E-state index contributed by atoms with van der Waals surface area (Å²) in [4.78, 5) is 11.8. The average molecular weight is 252 g/mol. The molecule has 2 atom stereocenters. The topological polar surface area (TPSA) is 70.6 Å². The summed E-state index contributed by atoms with van der Waals surface area (Å²) in [6, 6.07) is 6.77. The second kappa shape index (κ2) is 6.86. The highest BCUT2D eigenvalue weighted by atomic mass is 16.5. The summed E-state index contributed by atoms with van der Waals surface area (Å²) in [5.41, 5.74) is 0.612. The van der Waals surface area contributed by atoms with E-state index in [4.69, 9.17) is 9.84 Å². The molecule has 1 rings (SSSR count). The minimum Gasteiger partial charge on any atom is -0.495 e. The second-order valence-electron chi connectivity index (χ2n) is 4.25. The number of methoxy groups -OCH3 is 1. The lowest BCUT2D eigenvalue weighted by Gasteiger charge is -2.20. The van der Waals surface area contributed by atoms with Crippen LogP contribution < -0.4 is 15.4 Å². The number of carbonyl (C=O) groups is 1. The van der Waals surface area contributed by atoms with E-state index in [0.717, 1.165) is 0 Å². The van der Waals surface area contributed by atoms with Crippen LogP contribution in [0.1, 0.15) is 13.8 Å². The number of aliphatic hydroxyl groups excluding tert-OH is 1. The Morgan fingerprint density at radius 3 is 2.67 bits per heavy atom. The molecule has 2 amide bonds. The number of para-hydroxylation sites is 2. The van der Waals surface area contributed by atoms with Crippen molar-refractivity contribution in [2.24, 2.45) is 5.92 Å². The Bertz CT molecular complexity index is 396. The highest BCUT2D eigenvalue weighted by molar-refractivity contribution is 5.91. The summed E-state index contributed by atoms with van der Waals surface area (Å²) in [5.74, 6) is 0.615. The van der Waals surface area contributed by atoms with Crippen molar-refractivity contribution in [1.82, 2.24) is 5.32 Å². The summed E-state index contributed by atoms with van der Waals surface area (Å²) in [6.07, 6.45) is 0. The van der Waals surface area contributed by atoms with Crippen molar-refractivity contribution < 1.29 is 14.6 Å². The van der Waals surface area contributed by atoms with E-state index in [1.54, 1.807) is 19.2 Å². The Balaban J connectivity index is 2.59. The Morgan fingerprint density at radius 1 is 1.39 bits per heavy atom. The van der Waals surface area contributed by atoms with Crippen LogP contribution in [0.4, 0.5) is 10.5 Å². The van der Waals surface area contributed by atoms with Gasteiger partial charge in [0.2, 0.25) is 0 Å². The van der Waals surface area contributed by atoms with E-state index in [0.29, 0.717) is 11.4 Å². The van der Waals surface area contributed by atoms with Gasteiger partial charge in [0.1, 0.15) is 5.75 Å². The first-order valence-corrected chi connectivity index (χ1v) is 5.90. The highest BCUT2D eigenvalue weighted by Crippen LogP contribution is 2.22. The molecule has 5 heteroatoms. The van der Waals surface area contributed by atoms with Crippen molar-refractivity contribution in [3.05, 3.63) is 24.3 Å². The molecule has 0 aromatic heterocycles. The molecule has 0 aliphatic heterocycles. The van der Waals surface area contributed by atoms with E-state index < -0.39 is 0 Å². The quantitative estimate of drug-likeness (QED) is 0.748. The Labute approximate surface area is 107 Å². The van der Waals surface area contributed by atoms with Gasteiger partial charge < -0.3 is 20.5 Å². The molecule has 0 bridgehead atoms. The van der Waals surface area contributed by atoms with Gasteiger partial charge in [-0.1, -0.05) is 19.1 Å². The van der Waals surface area contributed by atoms with Gasteiger partial charge in [-0.3, -0.25) is 0 Å². The third-order valence-corrected chi connectivity index (χ3v) is 2.86. The van der Waals surface area contributed by atoms with E-state index in [1.165, 1.54) is 0 Å². The molecule has 2 unspecified atom stereocenters. The van der Waals surface area contributed by atoms with Gasteiger partial charge in [0, 0.05) is 12.6 Å². The zero-order valence-corrected chi connectivity index (χ0v) is 10.9. The molecule has 5 nitrogen and oxygen atoms in total. The van der Waals surface area contributed by atoms with E-state index in [1.807, 2.05) is 26.0 Å². The minimum atomic E-state index is -0.313. The number of aliphatic hydroxyl groups is 1. The smallest absolute Gasteiger partial charge is 0.319 e. The van der Waals surface area contributed by atoms with Crippen molar-refractivity contribution in [2.45, 2.75) is 19.9 Å². The third-order valence-electron chi connectivity index (χ3n) is 2.86. The Morgan fingerprint density at radius 2 is 2.06 bits per heavy atom. The number of carbonyl (C=O) groups excluding carboxylic acids is 1. The lowest BCUT2D eigenvalue weighted by Crippen LogP contribution is -2.40. The summed E-state index contributed by atoms with van der Waals surface area (Å²) in [7, 11) is 1.55. The number of anilines is 1. The molecule has 100 valence electrons.